The Labute approximate surface area is 189 Å². The van der Waals surface area contributed by atoms with Crippen LogP contribution in [0.25, 0.3) is 0 Å². The predicted octanol–water partition coefficient (Wildman–Crippen LogP) is 3.53. The van der Waals surface area contributed by atoms with Gasteiger partial charge in [-0.2, -0.15) is 0 Å². The highest BCUT2D eigenvalue weighted by atomic mass is 32.2. The van der Waals surface area contributed by atoms with Crippen molar-refractivity contribution in [3.8, 4) is 0 Å². The maximum absolute atomic E-state index is 12.3. The minimum atomic E-state index is -0.155. The number of amides is 1. The van der Waals surface area contributed by atoms with Crippen LogP contribution in [-0.4, -0.2) is 40.1 Å². The lowest BCUT2D eigenvalue weighted by molar-refractivity contribution is -0.121. The molecule has 0 bridgehead atoms. The lowest BCUT2D eigenvalue weighted by Crippen LogP contribution is -2.38. The van der Waals surface area contributed by atoms with E-state index in [-0.39, 0.29) is 17.9 Å². The molecule has 0 radical (unpaired) electrons. The molecule has 168 valence electrons. The molecule has 2 N–H and O–H groups in total. The van der Waals surface area contributed by atoms with E-state index in [0.29, 0.717) is 29.4 Å². The van der Waals surface area contributed by atoms with Crippen molar-refractivity contribution in [2.24, 2.45) is 11.8 Å². The molecule has 0 spiro atoms. The second-order valence-corrected chi connectivity index (χ2v) is 9.67. The van der Waals surface area contributed by atoms with Gasteiger partial charge in [0.2, 0.25) is 5.91 Å². The van der Waals surface area contributed by atoms with Crippen molar-refractivity contribution in [2.75, 3.05) is 19.3 Å². The van der Waals surface area contributed by atoms with Crippen LogP contribution in [-0.2, 0) is 24.3 Å². The predicted molar refractivity (Wildman–Crippen MR) is 126 cm³/mol. The van der Waals surface area contributed by atoms with Crippen molar-refractivity contribution >= 4 is 17.7 Å². The van der Waals surface area contributed by atoms with E-state index in [9.17, 15) is 9.59 Å². The van der Waals surface area contributed by atoms with E-state index in [2.05, 4.69) is 58.3 Å². The van der Waals surface area contributed by atoms with Crippen LogP contribution in [0, 0.1) is 18.8 Å². The summed E-state index contributed by atoms with van der Waals surface area (Å²) in [5.74, 6) is 1.46. The fourth-order valence-electron chi connectivity index (χ4n) is 4.45. The zero-order valence-electron chi connectivity index (χ0n) is 19.0. The highest BCUT2D eigenvalue weighted by Gasteiger charge is 2.21. The number of nitrogens with zero attached hydrogens (tertiary/aromatic N) is 2. The largest absolute Gasteiger partial charge is 0.352 e. The lowest BCUT2D eigenvalue weighted by Gasteiger charge is -2.35. The van der Waals surface area contributed by atoms with Crippen LogP contribution in [0.5, 0.6) is 0 Å². The Morgan fingerprint density at radius 3 is 2.45 bits per heavy atom. The van der Waals surface area contributed by atoms with Gasteiger partial charge in [0.25, 0.3) is 5.56 Å². The summed E-state index contributed by atoms with van der Waals surface area (Å²) < 4.78 is 0. The molecule has 0 aliphatic carbocycles. The molecule has 2 atom stereocenters. The molecule has 7 heteroatoms. The number of H-pyrrole nitrogens is 1. The summed E-state index contributed by atoms with van der Waals surface area (Å²) in [5, 5.41) is 3.56. The van der Waals surface area contributed by atoms with Crippen molar-refractivity contribution in [1.82, 2.24) is 20.2 Å². The molecule has 3 rings (SSSR count). The van der Waals surface area contributed by atoms with Gasteiger partial charge < -0.3 is 10.3 Å². The Hall–Kier alpha value is -2.12. The van der Waals surface area contributed by atoms with Gasteiger partial charge in [-0.15, -0.1) is 0 Å². The fourth-order valence-corrected chi connectivity index (χ4v) is 4.87. The molecule has 1 aliphatic rings. The van der Waals surface area contributed by atoms with E-state index in [1.807, 2.05) is 13.2 Å². The highest BCUT2D eigenvalue weighted by Crippen LogP contribution is 2.22. The quantitative estimate of drug-likeness (QED) is 0.483. The van der Waals surface area contributed by atoms with Crippen LogP contribution in [0.1, 0.15) is 49.1 Å². The first-order valence-electron chi connectivity index (χ1n) is 11.0. The van der Waals surface area contributed by atoms with E-state index in [4.69, 9.17) is 0 Å². The van der Waals surface area contributed by atoms with Gasteiger partial charge in [-0.05, 0) is 49.0 Å². The molecule has 0 saturated carbocycles. The SMILES string of the molecule is CSc1nc(C)c(CCC(=O)NCc2ccc(CN3CC(C)CC(C)C3)cc2)c(=O)[nH]1. The molecule has 6 nitrogen and oxygen atoms in total. The molecule has 1 aliphatic heterocycles. The number of hydrogen-bond acceptors (Lipinski definition) is 5. The number of aryl methyl sites for hydroxylation is 1. The van der Waals surface area contributed by atoms with Crippen LogP contribution < -0.4 is 10.9 Å². The Kier molecular flexibility index (Phi) is 8.32. The normalized spacial score (nSPS) is 19.4. The molecule has 1 aromatic carbocycles. The van der Waals surface area contributed by atoms with Gasteiger partial charge in [0.1, 0.15) is 0 Å². The molecule has 1 saturated heterocycles. The number of aromatic nitrogens is 2. The topological polar surface area (TPSA) is 78.1 Å². The van der Waals surface area contributed by atoms with Crippen LogP contribution in [0.15, 0.2) is 34.2 Å². The lowest BCUT2D eigenvalue weighted by atomic mass is 9.91. The molecule has 2 heterocycles. The number of hydrogen-bond donors (Lipinski definition) is 2. The number of likely N-dealkylation sites (tertiary alicyclic amines) is 1. The summed E-state index contributed by atoms with van der Waals surface area (Å²) in [4.78, 5) is 34.1. The fraction of sp³-hybridized carbons (Fsp3) is 0.542. The number of piperidine rings is 1. The number of thioether (sulfide) groups is 1. The summed E-state index contributed by atoms with van der Waals surface area (Å²) in [5.41, 5.74) is 3.51. The summed E-state index contributed by atoms with van der Waals surface area (Å²) in [6.45, 7) is 10.3. The smallest absolute Gasteiger partial charge is 0.254 e. The van der Waals surface area contributed by atoms with E-state index in [0.717, 1.165) is 23.9 Å². The maximum Gasteiger partial charge on any atom is 0.254 e. The third-order valence-electron chi connectivity index (χ3n) is 5.86. The second-order valence-electron chi connectivity index (χ2n) is 8.87. The van der Waals surface area contributed by atoms with Crippen molar-refractivity contribution < 1.29 is 4.79 Å². The van der Waals surface area contributed by atoms with E-state index < -0.39 is 0 Å². The zero-order valence-corrected chi connectivity index (χ0v) is 19.8. The van der Waals surface area contributed by atoms with E-state index in [1.165, 1.54) is 36.8 Å². The zero-order chi connectivity index (χ0) is 22.4. The first-order chi connectivity index (χ1) is 14.8. The van der Waals surface area contributed by atoms with Crippen LogP contribution in [0.2, 0.25) is 0 Å². The van der Waals surface area contributed by atoms with Crippen LogP contribution in [0.3, 0.4) is 0 Å². The van der Waals surface area contributed by atoms with Crippen molar-refractivity contribution in [2.45, 2.75) is 58.3 Å². The molecule has 1 aromatic heterocycles. The second kappa shape index (κ2) is 11.0. The number of nitrogens with one attached hydrogen (secondary N) is 2. The Morgan fingerprint density at radius 2 is 1.84 bits per heavy atom. The van der Waals surface area contributed by atoms with Gasteiger partial charge in [0, 0.05) is 43.9 Å². The number of rotatable bonds is 8. The molecule has 31 heavy (non-hydrogen) atoms. The van der Waals surface area contributed by atoms with Crippen LogP contribution >= 0.6 is 11.8 Å². The van der Waals surface area contributed by atoms with Gasteiger partial charge in [-0.1, -0.05) is 49.9 Å². The standard InChI is InChI=1S/C24H34N4O2S/c1-16-11-17(2)14-28(13-16)15-20-7-5-19(6-8-20)12-25-22(29)10-9-21-18(3)26-24(31-4)27-23(21)30/h5-8,16-17H,9-15H2,1-4H3,(H,25,29)(H,26,27,30). The number of benzene rings is 1. The molecule has 2 aromatic rings. The van der Waals surface area contributed by atoms with Gasteiger partial charge in [-0.25, -0.2) is 4.98 Å². The summed E-state index contributed by atoms with van der Waals surface area (Å²) >= 11 is 1.40. The minimum Gasteiger partial charge on any atom is -0.352 e. The third-order valence-corrected chi connectivity index (χ3v) is 6.44. The molecule has 1 fully saturated rings. The van der Waals surface area contributed by atoms with Gasteiger partial charge in [0.15, 0.2) is 5.16 Å². The average molecular weight is 443 g/mol. The van der Waals surface area contributed by atoms with Crippen molar-refractivity contribution in [3.63, 3.8) is 0 Å². The van der Waals surface area contributed by atoms with E-state index >= 15 is 0 Å². The third kappa shape index (κ3) is 6.94. The average Bonchev–Trinajstić information content (AvgIpc) is 2.71. The molecular weight excluding hydrogens is 408 g/mol. The maximum atomic E-state index is 12.3. The first-order valence-corrected chi connectivity index (χ1v) is 12.3. The van der Waals surface area contributed by atoms with Gasteiger partial charge in [-0.3, -0.25) is 14.5 Å². The number of aromatic amines is 1. The molecular formula is C24H34N4O2S. The van der Waals surface area contributed by atoms with Crippen LogP contribution in [0.4, 0.5) is 0 Å². The Morgan fingerprint density at radius 1 is 1.19 bits per heavy atom. The monoisotopic (exact) mass is 442 g/mol. The van der Waals surface area contributed by atoms with Crippen molar-refractivity contribution in [3.05, 3.63) is 57.0 Å². The van der Waals surface area contributed by atoms with Gasteiger partial charge >= 0.3 is 0 Å². The first kappa shape index (κ1) is 23.5. The number of carbonyl (C=O) groups is 1. The van der Waals surface area contributed by atoms with Gasteiger partial charge in [0.05, 0.1) is 0 Å². The molecule has 1 amide bonds. The number of carbonyl (C=O) groups excluding carboxylic acids is 1. The minimum absolute atomic E-state index is 0.0619. The summed E-state index contributed by atoms with van der Waals surface area (Å²) in [6, 6.07) is 8.50. The Balaban J connectivity index is 1.46. The summed E-state index contributed by atoms with van der Waals surface area (Å²) in [7, 11) is 0. The summed E-state index contributed by atoms with van der Waals surface area (Å²) in [6.07, 6.45) is 3.85. The Bertz CT molecular complexity index is 932. The van der Waals surface area contributed by atoms with E-state index in [1.54, 1.807) is 0 Å². The molecule has 2 unspecified atom stereocenters. The highest BCUT2D eigenvalue weighted by molar-refractivity contribution is 7.98. The van der Waals surface area contributed by atoms with Crippen molar-refractivity contribution in [1.29, 1.82) is 0 Å².